The first-order chi connectivity index (χ1) is 32.7. The molecule has 0 amide bonds. The van der Waals surface area contributed by atoms with Gasteiger partial charge >= 0.3 is 0 Å². The second-order valence-corrected chi connectivity index (χ2v) is 17.2. The van der Waals surface area contributed by atoms with Gasteiger partial charge in [-0.2, -0.15) is 9.97 Å². The third-order valence-corrected chi connectivity index (χ3v) is 13.4. The minimum absolute atomic E-state index is 0.0825. The fourth-order valence-corrected chi connectivity index (χ4v) is 10.3. The molecule has 0 saturated carbocycles. The molecule has 0 bridgehead atoms. The molecule has 2 unspecified atom stereocenters. The van der Waals surface area contributed by atoms with Gasteiger partial charge in [0.1, 0.15) is 0 Å². The van der Waals surface area contributed by atoms with Gasteiger partial charge in [0.15, 0.2) is 11.6 Å². The van der Waals surface area contributed by atoms with Crippen LogP contribution in [0.5, 0.6) is 0 Å². The maximum atomic E-state index is 5.51. The number of hydrogen-bond donors (Lipinski definition) is 0. The molecule has 5 nitrogen and oxygen atoms in total. The Kier molecular flexibility index (Phi) is 8.91. The minimum atomic E-state index is -0.0953. The summed E-state index contributed by atoms with van der Waals surface area (Å²) in [7, 11) is 0. The molecule has 2 atom stereocenters. The van der Waals surface area contributed by atoms with Gasteiger partial charge in [0, 0.05) is 39.4 Å². The molecule has 11 aromatic rings. The third-order valence-electron chi connectivity index (χ3n) is 13.4. The summed E-state index contributed by atoms with van der Waals surface area (Å²) < 4.78 is 2.33. The van der Waals surface area contributed by atoms with Crippen LogP contribution in [-0.4, -0.2) is 19.5 Å². The standard InChI is InChI=1S/C61H41N5/c1-3-16-40(17-4-1)44-22-13-25-48(37-44)59-62-60(49-26-14-23-45(38-49)47-33-32-42-20-7-8-21-43(42)36-47)64-61(63-59)66-56-31-12-10-29-52(56)54-35-34-53-51-28-9-11-30-55(51)65(57(53)58(54)66)50-27-15-24-46(39-50)41-18-5-2-6-19-41/h1-39,53,57H. The number of fused-ring (bicyclic) bond motifs is 8. The maximum Gasteiger partial charge on any atom is 0.238 e. The van der Waals surface area contributed by atoms with Crippen LogP contribution in [0, 0.1) is 0 Å². The Hall–Kier alpha value is -8.67. The smallest absolute Gasteiger partial charge is 0.238 e. The van der Waals surface area contributed by atoms with E-state index in [2.05, 4.69) is 246 Å². The maximum absolute atomic E-state index is 5.51. The minimum Gasteiger partial charge on any atom is -0.331 e. The van der Waals surface area contributed by atoms with Crippen LogP contribution >= 0.6 is 0 Å². The Labute approximate surface area is 383 Å². The number of hydrogen-bond acceptors (Lipinski definition) is 4. The molecular weight excluding hydrogens is 803 g/mol. The van der Waals surface area contributed by atoms with E-state index >= 15 is 0 Å². The lowest BCUT2D eigenvalue weighted by atomic mass is 9.86. The van der Waals surface area contributed by atoms with Gasteiger partial charge in [-0.25, -0.2) is 4.98 Å². The van der Waals surface area contributed by atoms with Crippen molar-refractivity contribution < 1.29 is 0 Å². The number of anilines is 2. The Morgan fingerprint density at radius 3 is 1.70 bits per heavy atom. The van der Waals surface area contributed by atoms with Crippen molar-refractivity contribution in [3.63, 3.8) is 0 Å². The van der Waals surface area contributed by atoms with Gasteiger partial charge in [0.2, 0.25) is 5.95 Å². The number of para-hydroxylation sites is 2. The van der Waals surface area contributed by atoms with Crippen LogP contribution in [0.3, 0.4) is 0 Å². The second-order valence-electron chi connectivity index (χ2n) is 17.2. The van der Waals surface area contributed by atoms with Crippen LogP contribution < -0.4 is 4.90 Å². The molecule has 0 saturated heterocycles. The van der Waals surface area contributed by atoms with Crippen LogP contribution in [0.4, 0.5) is 11.4 Å². The normalized spacial score (nSPS) is 14.9. The molecule has 0 radical (unpaired) electrons. The average Bonchev–Trinajstić information content (AvgIpc) is 3.92. The van der Waals surface area contributed by atoms with E-state index in [0.29, 0.717) is 17.6 Å². The van der Waals surface area contributed by atoms with Crippen LogP contribution in [0.25, 0.3) is 89.9 Å². The topological polar surface area (TPSA) is 46.8 Å². The van der Waals surface area contributed by atoms with Crippen molar-refractivity contribution in [3.8, 4) is 62.1 Å². The lowest BCUT2D eigenvalue weighted by Gasteiger charge is -2.33. The van der Waals surface area contributed by atoms with E-state index in [9.17, 15) is 0 Å². The molecule has 0 fully saturated rings. The van der Waals surface area contributed by atoms with Crippen molar-refractivity contribution in [1.82, 2.24) is 19.5 Å². The van der Waals surface area contributed by atoms with Crippen LogP contribution in [0.1, 0.15) is 28.8 Å². The SMILES string of the molecule is C1=CC2c3ccccc3N(c3cccc(-c4ccccc4)c3)C2c2c1c1ccccc1n2-c1nc(-c2cccc(-c3ccccc3)c2)nc(-c2cccc(-c3ccc4ccccc4c3)c2)n1. The molecule has 1 aliphatic heterocycles. The van der Waals surface area contributed by atoms with E-state index in [1.165, 1.54) is 38.7 Å². The number of benzene rings is 9. The van der Waals surface area contributed by atoms with Crippen LogP contribution in [-0.2, 0) is 0 Å². The van der Waals surface area contributed by atoms with Gasteiger partial charge in [-0.05, 0) is 92.2 Å². The fraction of sp³-hybridized carbons (Fsp3) is 0.0328. The molecule has 13 rings (SSSR count). The predicted octanol–water partition coefficient (Wildman–Crippen LogP) is 15.3. The highest BCUT2D eigenvalue weighted by molar-refractivity contribution is 5.95. The van der Waals surface area contributed by atoms with Gasteiger partial charge < -0.3 is 4.90 Å². The molecule has 9 aromatic carbocycles. The Bertz CT molecular complexity index is 3680. The van der Waals surface area contributed by atoms with Crippen LogP contribution in [0.2, 0.25) is 0 Å². The highest BCUT2D eigenvalue weighted by Crippen LogP contribution is 2.57. The molecule has 2 aliphatic rings. The molecule has 310 valence electrons. The van der Waals surface area contributed by atoms with Crippen LogP contribution in [0.15, 0.2) is 231 Å². The largest absolute Gasteiger partial charge is 0.331 e. The first-order valence-electron chi connectivity index (χ1n) is 22.6. The van der Waals surface area contributed by atoms with Gasteiger partial charge in [0.25, 0.3) is 0 Å². The molecule has 66 heavy (non-hydrogen) atoms. The lowest BCUT2D eigenvalue weighted by Crippen LogP contribution is -2.26. The van der Waals surface area contributed by atoms with E-state index in [1.807, 2.05) is 0 Å². The highest BCUT2D eigenvalue weighted by Gasteiger charge is 2.44. The first-order valence-corrected chi connectivity index (χ1v) is 22.6. The van der Waals surface area contributed by atoms with Crippen molar-refractivity contribution in [1.29, 1.82) is 0 Å². The monoisotopic (exact) mass is 843 g/mol. The number of rotatable bonds is 7. The summed E-state index contributed by atoms with van der Waals surface area (Å²) in [6, 6.07) is 79.9. The van der Waals surface area contributed by atoms with Gasteiger partial charge in [0.05, 0.1) is 17.3 Å². The molecule has 2 aromatic heterocycles. The highest BCUT2D eigenvalue weighted by atomic mass is 15.3. The van der Waals surface area contributed by atoms with E-state index in [1.54, 1.807) is 0 Å². The summed E-state index contributed by atoms with van der Waals surface area (Å²) in [6.45, 7) is 0. The Morgan fingerprint density at radius 2 is 0.955 bits per heavy atom. The second kappa shape index (κ2) is 15.5. The lowest BCUT2D eigenvalue weighted by molar-refractivity contribution is 0.630. The van der Waals surface area contributed by atoms with E-state index in [0.717, 1.165) is 55.7 Å². The van der Waals surface area contributed by atoms with Gasteiger partial charge in [-0.1, -0.05) is 194 Å². The first kappa shape index (κ1) is 37.8. The van der Waals surface area contributed by atoms with Crippen molar-refractivity contribution in [2.45, 2.75) is 12.0 Å². The predicted molar refractivity (Wildman–Crippen MR) is 271 cm³/mol. The summed E-state index contributed by atoms with van der Waals surface area (Å²) in [6.07, 6.45) is 4.73. The summed E-state index contributed by atoms with van der Waals surface area (Å²) in [5.41, 5.74) is 15.7. The zero-order chi connectivity index (χ0) is 43.6. The Morgan fingerprint density at radius 1 is 0.394 bits per heavy atom. The summed E-state index contributed by atoms with van der Waals surface area (Å²) in [5, 5.41) is 3.58. The van der Waals surface area contributed by atoms with Crippen molar-refractivity contribution >= 4 is 39.1 Å². The zero-order valence-corrected chi connectivity index (χ0v) is 35.9. The summed E-state index contributed by atoms with van der Waals surface area (Å²) >= 11 is 0. The van der Waals surface area contributed by atoms with E-state index < -0.39 is 0 Å². The third kappa shape index (κ3) is 6.35. The molecule has 3 heterocycles. The van der Waals surface area contributed by atoms with Crippen molar-refractivity contribution in [2.24, 2.45) is 0 Å². The van der Waals surface area contributed by atoms with Gasteiger partial charge in [-0.3, -0.25) is 4.57 Å². The number of nitrogens with zero attached hydrogens (tertiary/aromatic N) is 5. The molecule has 5 heteroatoms. The van der Waals surface area contributed by atoms with Crippen molar-refractivity contribution in [3.05, 3.63) is 247 Å². The van der Waals surface area contributed by atoms with Gasteiger partial charge in [-0.15, -0.1) is 0 Å². The molecule has 1 aliphatic carbocycles. The molecule has 0 spiro atoms. The average molecular weight is 844 g/mol. The summed E-state index contributed by atoms with van der Waals surface area (Å²) in [4.78, 5) is 18.9. The molecular formula is C61H41N5. The van der Waals surface area contributed by atoms with Crippen molar-refractivity contribution in [2.75, 3.05) is 4.90 Å². The summed E-state index contributed by atoms with van der Waals surface area (Å²) in [5.74, 6) is 1.88. The molecule has 0 N–H and O–H groups in total. The Balaban J connectivity index is 1.04. The fourth-order valence-electron chi connectivity index (χ4n) is 10.3. The number of aromatic nitrogens is 4. The zero-order valence-electron chi connectivity index (χ0n) is 35.9. The van der Waals surface area contributed by atoms with E-state index in [-0.39, 0.29) is 12.0 Å². The quantitative estimate of drug-likeness (QED) is 0.160. The van der Waals surface area contributed by atoms with E-state index in [4.69, 9.17) is 15.0 Å².